The van der Waals surface area contributed by atoms with Crippen LogP contribution in [-0.4, -0.2) is 56.0 Å². The molecule has 0 atom stereocenters. The van der Waals surface area contributed by atoms with E-state index in [4.69, 9.17) is 10.5 Å². The van der Waals surface area contributed by atoms with Crippen molar-refractivity contribution >= 4 is 32.6 Å². The van der Waals surface area contributed by atoms with E-state index in [0.717, 1.165) is 36.1 Å². The second-order valence-corrected chi connectivity index (χ2v) is 7.55. The molecule has 4 N–H and O–H groups in total. The first-order chi connectivity index (χ1) is 11.9. The molecule has 0 radical (unpaired) electrons. The highest BCUT2D eigenvalue weighted by molar-refractivity contribution is 7.88. The molecular formula is C15H26N6O3S. The zero-order chi connectivity index (χ0) is 18.4. The normalized spacial score (nSPS) is 12.0. The number of nitrogens with zero attached hydrogens (tertiary/aromatic N) is 3. The molecule has 0 bridgehead atoms. The molecule has 2 aromatic rings. The van der Waals surface area contributed by atoms with Gasteiger partial charge in [-0.15, -0.1) is 0 Å². The van der Waals surface area contributed by atoms with Gasteiger partial charge in [0.05, 0.1) is 36.9 Å². The Morgan fingerprint density at radius 3 is 2.76 bits per heavy atom. The van der Waals surface area contributed by atoms with Gasteiger partial charge in [0.1, 0.15) is 11.3 Å². The van der Waals surface area contributed by atoms with Gasteiger partial charge in [0.2, 0.25) is 10.0 Å². The van der Waals surface area contributed by atoms with Crippen LogP contribution in [0.15, 0.2) is 6.20 Å². The number of aromatic nitrogens is 3. The van der Waals surface area contributed by atoms with E-state index in [9.17, 15) is 8.42 Å². The summed E-state index contributed by atoms with van der Waals surface area (Å²) in [6, 6.07) is 0. The lowest BCUT2D eigenvalue weighted by Crippen LogP contribution is -2.26. The van der Waals surface area contributed by atoms with Crippen molar-refractivity contribution < 1.29 is 13.2 Å². The molecular weight excluding hydrogens is 344 g/mol. The Morgan fingerprint density at radius 1 is 1.36 bits per heavy atom. The Kier molecular flexibility index (Phi) is 6.57. The fourth-order valence-corrected chi connectivity index (χ4v) is 3.06. The van der Waals surface area contributed by atoms with Crippen LogP contribution in [-0.2, 0) is 27.7 Å². The molecule has 140 valence electrons. The van der Waals surface area contributed by atoms with Crippen molar-refractivity contribution in [1.29, 1.82) is 0 Å². The van der Waals surface area contributed by atoms with Gasteiger partial charge >= 0.3 is 0 Å². The van der Waals surface area contributed by atoms with Crippen LogP contribution in [0.4, 0.5) is 11.5 Å². The Balaban J connectivity index is 2.12. The van der Waals surface area contributed by atoms with Crippen molar-refractivity contribution in [3.63, 3.8) is 0 Å². The number of ether oxygens (including phenoxy) is 1. The van der Waals surface area contributed by atoms with E-state index in [0.29, 0.717) is 31.1 Å². The summed E-state index contributed by atoms with van der Waals surface area (Å²) in [5.74, 6) is 1.34. The number of rotatable bonds is 10. The van der Waals surface area contributed by atoms with Crippen molar-refractivity contribution in [2.24, 2.45) is 0 Å². The van der Waals surface area contributed by atoms with Gasteiger partial charge in [-0.25, -0.2) is 23.1 Å². The molecule has 10 heteroatoms. The molecule has 2 rings (SSSR count). The number of pyridine rings is 1. The molecule has 2 aromatic heterocycles. The summed E-state index contributed by atoms with van der Waals surface area (Å²) in [7, 11) is -1.36. The van der Waals surface area contributed by atoms with Crippen LogP contribution in [0.25, 0.3) is 11.0 Å². The monoisotopic (exact) mass is 370 g/mol. The molecule has 0 saturated heterocycles. The van der Waals surface area contributed by atoms with Crippen LogP contribution in [0.1, 0.15) is 19.2 Å². The molecule has 0 saturated carbocycles. The maximum Gasteiger partial charge on any atom is 0.208 e. The van der Waals surface area contributed by atoms with Crippen molar-refractivity contribution in [3.8, 4) is 0 Å². The molecule has 2 heterocycles. The maximum absolute atomic E-state index is 11.0. The number of hydrogen-bond donors (Lipinski definition) is 3. The van der Waals surface area contributed by atoms with Gasteiger partial charge in [-0.05, 0) is 6.42 Å². The van der Waals surface area contributed by atoms with E-state index in [-0.39, 0.29) is 6.54 Å². The average Bonchev–Trinajstić information content (AvgIpc) is 2.90. The van der Waals surface area contributed by atoms with E-state index >= 15 is 0 Å². The summed E-state index contributed by atoms with van der Waals surface area (Å²) < 4.78 is 32.1. The highest BCUT2D eigenvalue weighted by atomic mass is 32.2. The number of nitrogens with one attached hydrogen (secondary N) is 2. The first kappa shape index (κ1) is 19.4. The highest BCUT2D eigenvalue weighted by Crippen LogP contribution is 2.27. The summed E-state index contributed by atoms with van der Waals surface area (Å²) in [5, 5.41) is 3.12. The van der Waals surface area contributed by atoms with Crippen LogP contribution in [0.2, 0.25) is 0 Å². The molecule has 25 heavy (non-hydrogen) atoms. The van der Waals surface area contributed by atoms with Gasteiger partial charge in [-0.3, -0.25) is 0 Å². The van der Waals surface area contributed by atoms with Crippen LogP contribution in [0.5, 0.6) is 0 Å². The lowest BCUT2D eigenvalue weighted by molar-refractivity contribution is 0.131. The van der Waals surface area contributed by atoms with Crippen molar-refractivity contribution in [1.82, 2.24) is 19.3 Å². The molecule has 0 amide bonds. The van der Waals surface area contributed by atoms with E-state index in [2.05, 4.69) is 31.5 Å². The minimum Gasteiger partial charge on any atom is -0.385 e. The number of aryl methyl sites for hydroxylation is 1. The van der Waals surface area contributed by atoms with Crippen LogP contribution in [0, 0.1) is 0 Å². The Morgan fingerprint density at radius 2 is 2.12 bits per heavy atom. The summed E-state index contributed by atoms with van der Waals surface area (Å²) >= 11 is 0. The quantitative estimate of drug-likeness (QED) is 0.522. The Bertz CT molecular complexity index is 818. The van der Waals surface area contributed by atoms with Gasteiger partial charge < -0.3 is 20.4 Å². The largest absolute Gasteiger partial charge is 0.385 e. The van der Waals surface area contributed by atoms with E-state index in [1.165, 1.54) is 0 Å². The molecule has 9 nitrogen and oxygen atoms in total. The van der Waals surface area contributed by atoms with E-state index in [1.54, 1.807) is 6.20 Å². The predicted molar refractivity (Wildman–Crippen MR) is 99.1 cm³/mol. The fraction of sp³-hybridized carbons (Fsp3) is 0.600. The lowest BCUT2D eigenvalue weighted by Gasteiger charge is -2.12. The SMILES string of the molecule is CCCc1nc2c(N)ncc(NC)c2n1CCOCCNS(C)(=O)=O. The average molecular weight is 370 g/mol. The second-order valence-electron chi connectivity index (χ2n) is 5.71. The second kappa shape index (κ2) is 8.45. The zero-order valence-electron chi connectivity index (χ0n) is 14.9. The van der Waals surface area contributed by atoms with Gasteiger partial charge in [0.15, 0.2) is 5.82 Å². The Labute approximate surface area is 148 Å². The highest BCUT2D eigenvalue weighted by Gasteiger charge is 2.16. The number of fused-ring (bicyclic) bond motifs is 1. The predicted octanol–water partition coefficient (Wildman–Crippen LogP) is 0.574. The number of nitrogen functional groups attached to an aromatic ring is 1. The molecule has 0 unspecified atom stereocenters. The van der Waals surface area contributed by atoms with E-state index < -0.39 is 10.0 Å². The van der Waals surface area contributed by atoms with Gasteiger partial charge in [0, 0.05) is 26.6 Å². The number of hydrogen-bond acceptors (Lipinski definition) is 7. The third kappa shape index (κ3) is 5.03. The first-order valence-corrected chi connectivity index (χ1v) is 10.1. The third-order valence-electron chi connectivity index (χ3n) is 3.69. The standard InChI is InChI=1S/C15H26N6O3S/c1-4-5-12-20-13-14(11(17-2)10-18-15(13)16)21(12)7-9-24-8-6-19-25(3,22)23/h10,17,19H,4-9H2,1-3H3,(H2,16,18). The molecule has 0 aliphatic carbocycles. The minimum atomic E-state index is -3.19. The molecule has 0 aliphatic rings. The molecule has 0 aliphatic heterocycles. The maximum atomic E-state index is 11.0. The number of nitrogens with two attached hydrogens (primary N) is 1. The number of imidazole rings is 1. The fourth-order valence-electron chi connectivity index (χ4n) is 2.60. The van der Waals surface area contributed by atoms with Gasteiger partial charge in [-0.2, -0.15) is 0 Å². The van der Waals surface area contributed by atoms with Crippen molar-refractivity contribution in [2.45, 2.75) is 26.3 Å². The molecule has 0 fully saturated rings. The van der Waals surface area contributed by atoms with Gasteiger partial charge in [-0.1, -0.05) is 6.92 Å². The summed E-state index contributed by atoms with van der Waals surface area (Å²) in [4.78, 5) is 8.83. The van der Waals surface area contributed by atoms with Crippen molar-refractivity contribution in [2.75, 3.05) is 44.1 Å². The van der Waals surface area contributed by atoms with E-state index in [1.807, 2.05) is 7.05 Å². The van der Waals surface area contributed by atoms with Crippen LogP contribution >= 0.6 is 0 Å². The third-order valence-corrected chi connectivity index (χ3v) is 4.42. The summed E-state index contributed by atoms with van der Waals surface area (Å²) in [6.45, 7) is 3.70. The van der Waals surface area contributed by atoms with Crippen LogP contribution < -0.4 is 15.8 Å². The first-order valence-electron chi connectivity index (χ1n) is 8.21. The summed E-state index contributed by atoms with van der Waals surface area (Å²) in [5.41, 5.74) is 8.44. The van der Waals surface area contributed by atoms with Crippen LogP contribution in [0.3, 0.4) is 0 Å². The number of sulfonamides is 1. The Hall–Kier alpha value is -1.91. The van der Waals surface area contributed by atoms with Gasteiger partial charge in [0.25, 0.3) is 0 Å². The van der Waals surface area contributed by atoms with Crippen molar-refractivity contribution in [3.05, 3.63) is 12.0 Å². The zero-order valence-corrected chi connectivity index (χ0v) is 15.7. The minimum absolute atomic E-state index is 0.254. The topological polar surface area (TPSA) is 124 Å². The smallest absolute Gasteiger partial charge is 0.208 e. The lowest BCUT2D eigenvalue weighted by atomic mass is 10.3. The molecule has 0 aromatic carbocycles. The molecule has 0 spiro atoms. The number of anilines is 2. The summed E-state index contributed by atoms with van der Waals surface area (Å²) in [6.07, 6.45) is 4.61.